The molecule has 1 aromatic carbocycles. The highest BCUT2D eigenvalue weighted by molar-refractivity contribution is 7.16. The number of ether oxygens (including phenoxy) is 1. The first-order chi connectivity index (χ1) is 13.4. The van der Waals surface area contributed by atoms with Crippen LogP contribution in [0, 0.1) is 11.3 Å². The van der Waals surface area contributed by atoms with E-state index in [-0.39, 0.29) is 5.41 Å². The maximum Gasteiger partial charge on any atom is 0.324 e. The van der Waals surface area contributed by atoms with E-state index in [1.165, 1.54) is 11.3 Å². The number of carbonyl (C=O) groups excluding carboxylic acids is 1. The Bertz CT molecular complexity index is 1030. The Hall–Kier alpha value is -3.37. The maximum atomic E-state index is 12.3. The van der Waals surface area contributed by atoms with Crippen LogP contribution >= 0.6 is 11.3 Å². The Balaban J connectivity index is 1.79. The van der Waals surface area contributed by atoms with Crippen LogP contribution in [0.1, 0.15) is 31.2 Å². The summed E-state index contributed by atoms with van der Waals surface area (Å²) in [6.45, 7) is 6.32. The fraction of sp³-hybridized carbons (Fsp3) is 0.190. The van der Waals surface area contributed by atoms with Crippen molar-refractivity contribution in [3.63, 3.8) is 0 Å². The van der Waals surface area contributed by atoms with Crippen LogP contribution in [-0.4, -0.2) is 11.0 Å². The van der Waals surface area contributed by atoms with E-state index in [4.69, 9.17) is 10.00 Å². The van der Waals surface area contributed by atoms with Gasteiger partial charge in [0.25, 0.3) is 0 Å². The molecule has 2 amide bonds. The van der Waals surface area contributed by atoms with Crippen molar-refractivity contribution in [2.45, 2.75) is 26.2 Å². The molecular weight excluding hydrogens is 372 g/mol. The van der Waals surface area contributed by atoms with Gasteiger partial charge in [-0.05, 0) is 35.7 Å². The summed E-state index contributed by atoms with van der Waals surface area (Å²) in [5.41, 5.74) is 1.38. The number of anilines is 2. The third-order valence-electron chi connectivity index (χ3n) is 3.87. The first-order valence-corrected chi connectivity index (χ1v) is 9.49. The van der Waals surface area contributed by atoms with E-state index in [0.29, 0.717) is 27.2 Å². The average molecular weight is 392 g/mol. The van der Waals surface area contributed by atoms with Crippen molar-refractivity contribution in [1.82, 2.24) is 4.98 Å². The third kappa shape index (κ3) is 4.67. The summed E-state index contributed by atoms with van der Waals surface area (Å²) in [4.78, 5) is 17.1. The molecule has 0 fully saturated rings. The molecule has 0 aliphatic rings. The molecule has 0 saturated carbocycles. The van der Waals surface area contributed by atoms with E-state index >= 15 is 0 Å². The van der Waals surface area contributed by atoms with Gasteiger partial charge < -0.3 is 10.1 Å². The second-order valence-corrected chi connectivity index (χ2v) is 8.14. The predicted octanol–water partition coefficient (Wildman–Crippen LogP) is 5.75. The first-order valence-electron chi connectivity index (χ1n) is 8.67. The van der Waals surface area contributed by atoms with Crippen LogP contribution in [0.2, 0.25) is 0 Å². The van der Waals surface area contributed by atoms with Gasteiger partial charge in [-0.1, -0.05) is 39.0 Å². The smallest absolute Gasteiger partial charge is 0.324 e. The minimum absolute atomic E-state index is 0.103. The Morgan fingerprint density at radius 2 is 1.89 bits per heavy atom. The molecule has 2 aromatic heterocycles. The number of hydrogen-bond donors (Lipinski definition) is 2. The molecule has 7 heteroatoms. The van der Waals surface area contributed by atoms with Gasteiger partial charge in [-0.2, -0.15) is 5.26 Å². The number of urea groups is 1. The molecule has 0 saturated heterocycles. The van der Waals surface area contributed by atoms with Crippen molar-refractivity contribution in [3.8, 4) is 17.7 Å². The molecule has 0 aliphatic carbocycles. The molecule has 0 bridgehead atoms. The van der Waals surface area contributed by atoms with Crippen molar-refractivity contribution in [2.24, 2.45) is 0 Å². The van der Waals surface area contributed by atoms with E-state index in [2.05, 4.69) is 36.4 Å². The van der Waals surface area contributed by atoms with Gasteiger partial charge in [-0.25, -0.2) is 9.78 Å². The number of nitrogens with zero attached hydrogens (tertiary/aromatic N) is 2. The van der Waals surface area contributed by atoms with Crippen molar-refractivity contribution < 1.29 is 9.53 Å². The summed E-state index contributed by atoms with van der Waals surface area (Å²) < 4.78 is 6.05. The number of rotatable bonds is 4. The molecule has 142 valence electrons. The number of nitrogens with one attached hydrogen (secondary N) is 2. The number of aromatic nitrogens is 1. The number of para-hydroxylation sites is 1. The van der Waals surface area contributed by atoms with Crippen LogP contribution < -0.4 is 15.4 Å². The lowest BCUT2D eigenvalue weighted by Gasteiger charge is -2.22. The number of thiophene rings is 1. The summed E-state index contributed by atoms with van der Waals surface area (Å²) >= 11 is 1.20. The van der Waals surface area contributed by atoms with E-state index in [0.717, 1.165) is 5.56 Å². The molecule has 0 spiro atoms. The van der Waals surface area contributed by atoms with E-state index < -0.39 is 6.03 Å². The molecule has 0 radical (unpaired) electrons. The molecule has 3 aromatic rings. The minimum atomic E-state index is -0.437. The normalized spacial score (nSPS) is 10.8. The Labute approximate surface area is 167 Å². The van der Waals surface area contributed by atoms with Gasteiger partial charge in [0, 0.05) is 11.8 Å². The third-order valence-corrected chi connectivity index (χ3v) is 4.78. The quantitative estimate of drug-likeness (QED) is 0.592. The number of hydrogen-bond acceptors (Lipinski definition) is 5. The van der Waals surface area contributed by atoms with Gasteiger partial charge in [0.2, 0.25) is 5.88 Å². The summed E-state index contributed by atoms with van der Waals surface area (Å²) in [6.07, 6.45) is 1.61. The van der Waals surface area contributed by atoms with Crippen molar-refractivity contribution >= 4 is 28.1 Å². The average Bonchev–Trinajstić information content (AvgIpc) is 3.10. The molecule has 2 heterocycles. The predicted molar refractivity (Wildman–Crippen MR) is 111 cm³/mol. The van der Waals surface area contributed by atoms with Crippen molar-refractivity contribution in [3.05, 3.63) is 65.2 Å². The standard InChI is InChI=1S/C21H20N4O2S/c1-21(2,3)15-7-4-5-9-17(15)27-19-16(8-6-12-23-19)24-20(26)25-18-11-10-14(13-22)28-18/h4-12H,1-3H3,(H2,24,25,26). The SMILES string of the molecule is CC(C)(C)c1ccccc1Oc1ncccc1NC(=O)Nc1ccc(C#N)s1. The second-order valence-electron chi connectivity index (χ2n) is 7.06. The van der Waals surface area contributed by atoms with Crippen LogP contribution in [-0.2, 0) is 5.41 Å². The van der Waals surface area contributed by atoms with E-state index in [1.807, 2.05) is 30.3 Å². The molecular formula is C21H20N4O2S. The Morgan fingerprint density at radius 1 is 1.11 bits per heavy atom. The van der Waals surface area contributed by atoms with Crippen LogP contribution in [0.5, 0.6) is 11.6 Å². The van der Waals surface area contributed by atoms with Gasteiger partial charge in [0.15, 0.2) is 0 Å². The number of benzene rings is 1. The Morgan fingerprint density at radius 3 is 2.61 bits per heavy atom. The second kappa shape index (κ2) is 8.11. The van der Waals surface area contributed by atoms with Crippen molar-refractivity contribution in [2.75, 3.05) is 10.6 Å². The topological polar surface area (TPSA) is 87.0 Å². The largest absolute Gasteiger partial charge is 0.437 e. The summed E-state index contributed by atoms with van der Waals surface area (Å²) in [5, 5.41) is 14.9. The number of amides is 2. The zero-order valence-electron chi connectivity index (χ0n) is 15.8. The number of pyridine rings is 1. The van der Waals surface area contributed by atoms with Crippen LogP contribution in [0.3, 0.4) is 0 Å². The summed E-state index contributed by atoms with van der Waals surface area (Å²) in [5.74, 6) is 0.993. The molecule has 28 heavy (non-hydrogen) atoms. The summed E-state index contributed by atoms with van der Waals surface area (Å²) in [7, 11) is 0. The van der Waals surface area contributed by atoms with E-state index in [9.17, 15) is 4.79 Å². The van der Waals surface area contributed by atoms with Gasteiger partial charge in [0.1, 0.15) is 22.4 Å². The Kier molecular flexibility index (Phi) is 5.62. The zero-order chi connectivity index (χ0) is 20.1. The van der Waals surface area contributed by atoms with Gasteiger partial charge in [-0.15, -0.1) is 11.3 Å². The molecule has 0 atom stereocenters. The fourth-order valence-corrected chi connectivity index (χ4v) is 3.28. The van der Waals surface area contributed by atoms with Crippen LogP contribution in [0.25, 0.3) is 0 Å². The molecule has 0 unspecified atom stereocenters. The number of carbonyl (C=O) groups is 1. The minimum Gasteiger partial charge on any atom is -0.437 e. The highest BCUT2D eigenvalue weighted by atomic mass is 32.1. The van der Waals surface area contributed by atoms with Gasteiger partial charge >= 0.3 is 6.03 Å². The lowest BCUT2D eigenvalue weighted by atomic mass is 9.86. The summed E-state index contributed by atoms with van der Waals surface area (Å²) in [6, 6.07) is 16.1. The zero-order valence-corrected chi connectivity index (χ0v) is 16.6. The van der Waals surface area contributed by atoms with Crippen LogP contribution in [0.15, 0.2) is 54.7 Å². The number of nitriles is 1. The monoisotopic (exact) mass is 392 g/mol. The molecule has 0 aliphatic heterocycles. The highest BCUT2D eigenvalue weighted by Gasteiger charge is 2.20. The molecule has 2 N–H and O–H groups in total. The molecule has 6 nitrogen and oxygen atoms in total. The highest BCUT2D eigenvalue weighted by Crippen LogP contribution is 2.35. The van der Waals surface area contributed by atoms with Crippen molar-refractivity contribution in [1.29, 1.82) is 5.26 Å². The lowest BCUT2D eigenvalue weighted by molar-refractivity contribution is 0.262. The van der Waals surface area contributed by atoms with Crippen LogP contribution in [0.4, 0.5) is 15.5 Å². The maximum absolute atomic E-state index is 12.3. The fourth-order valence-electron chi connectivity index (χ4n) is 2.58. The van der Waals surface area contributed by atoms with Gasteiger partial charge in [-0.3, -0.25) is 5.32 Å². The lowest BCUT2D eigenvalue weighted by Crippen LogP contribution is -2.19. The first kappa shape index (κ1) is 19.4. The van der Waals surface area contributed by atoms with E-state index in [1.54, 1.807) is 30.5 Å². The molecule has 3 rings (SSSR count). The van der Waals surface area contributed by atoms with Gasteiger partial charge in [0.05, 0.1) is 5.00 Å².